The molecule has 1 N–H and O–H groups in total. The minimum absolute atomic E-state index is 0.231. The summed E-state index contributed by atoms with van der Waals surface area (Å²) in [6.45, 7) is 4.49. The van der Waals surface area contributed by atoms with Gasteiger partial charge in [0, 0.05) is 6.54 Å². The summed E-state index contributed by atoms with van der Waals surface area (Å²) < 4.78 is 0. The summed E-state index contributed by atoms with van der Waals surface area (Å²) in [6.07, 6.45) is 18.8. The van der Waals surface area contributed by atoms with E-state index in [1.54, 1.807) is 6.92 Å². The predicted molar refractivity (Wildman–Crippen MR) is 95.9 cm³/mol. The molecule has 0 aliphatic carbocycles. The van der Waals surface area contributed by atoms with Gasteiger partial charge in [-0.1, -0.05) is 90.4 Å². The summed E-state index contributed by atoms with van der Waals surface area (Å²) in [4.78, 5) is 14.6. The summed E-state index contributed by atoms with van der Waals surface area (Å²) in [7, 11) is 0. The molecule has 0 spiro atoms. The van der Waals surface area contributed by atoms with E-state index in [2.05, 4.69) is 11.9 Å². The average Bonchev–Trinajstić information content (AvgIpc) is 2.50. The summed E-state index contributed by atoms with van der Waals surface area (Å²) in [5.74, 6) is -0.898. The largest absolute Gasteiger partial charge is 0.477 e. The van der Waals surface area contributed by atoms with Crippen LogP contribution in [-0.4, -0.2) is 23.3 Å². The third-order valence-electron chi connectivity index (χ3n) is 4.17. The van der Waals surface area contributed by atoms with Crippen LogP contribution in [0, 0.1) is 0 Å². The van der Waals surface area contributed by atoms with Crippen LogP contribution in [0.15, 0.2) is 4.99 Å². The Bertz CT molecular complexity index is 287. The number of aliphatic imine (C=N–C) groups is 1. The molecule has 0 saturated carbocycles. The molecule has 0 bridgehead atoms. The highest BCUT2D eigenvalue weighted by Crippen LogP contribution is 2.12. The van der Waals surface area contributed by atoms with Crippen LogP contribution in [0.4, 0.5) is 0 Å². The molecule has 0 aromatic rings. The van der Waals surface area contributed by atoms with Gasteiger partial charge in [-0.3, -0.25) is 4.99 Å². The van der Waals surface area contributed by atoms with E-state index in [-0.39, 0.29) is 5.71 Å². The maximum absolute atomic E-state index is 10.5. The highest BCUT2D eigenvalue weighted by atomic mass is 16.4. The molecule has 0 aromatic carbocycles. The number of unbranched alkanes of at least 4 members (excludes halogenated alkanes) is 13. The van der Waals surface area contributed by atoms with Crippen molar-refractivity contribution in [1.82, 2.24) is 0 Å². The lowest BCUT2D eigenvalue weighted by Gasteiger charge is -2.03. The van der Waals surface area contributed by atoms with Crippen molar-refractivity contribution in [2.75, 3.05) is 6.54 Å². The molecule has 0 radical (unpaired) electrons. The van der Waals surface area contributed by atoms with Crippen molar-refractivity contribution >= 4 is 11.7 Å². The number of carbonyl (C=O) groups is 1. The minimum Gasteiger partial charge on any atom is -0.477 e. The summed E-state index contributed by atoms with van der Waals surface area (Å²) in [5, 5.41) is 8.67. The first-order valence-corrected chi connectivity index (χ1v) is 9.42. The van der Waals surface area contributed by atoms with Crippen molar-refractivity contribution in [3.05, 3.63) is 0 Å². The molecule has 0 aliphatic rings. The third-order valence-corrected chi connectivity index (χ3v) is 4.17. The first-order valence-electron chi connectivity index (χ1n) is 9.42. The van der Waals surface area contributed by atoms with Crippen molar-refractivity contribution in [2.45, 2.75) is 104 Å². The van der Waals surface area contributed by atoms with Gasteiger partial charge in [0.05, 0.1) is 0 Å². The van der Waals surface area contributed by atoms with Crippen LogP contribution in [0.5, 0.6) is 0 Å². The van der Waals surface area contributed by atoms with Crippen LogP contribution >= 0.6 is 0 Å². The Balaban J connectivity index is 3.12. The average molecular weight is 312 g/mol. The molecular weight excluding hydrogens is 274 g/mol. The first kappa shape index (κ1) is 21.1. The van der Waals surface area contributed by atoms with Crippen LogP contribution in [0.2, 0.25) is 0 Å². The van der Waals surface area contributed by atoms with Crippen molar-refractivity contribution in [3.8, 4) is 0 Å². The molecular formula is C19H37NO2. The number of aliphatic carboxylic acids is 1. The van der Waals surface area contributed by atoms with Gasteiger partial charge in [0.15, 0.2) is 0 Å². The second-order valence-electron chi connectivity index (χ2n) is 6.37. The number of carboxylic acid groups (broad SMARTS) is 1. The molecule has 0 fully saturated rings. The maximum atomic E-state index is 10.5. The number of hydrogen-bond donors (Lipinski definition) is 1. The Morgan fingerprint density at radius 2 is 1.09 bits per heavy atom. The summed E-state index contributed by atoms with van der Waals surface area (Å²) >= 11 is 0. The first-order chi connectivity index (χ1) is 10.7. The standard InChI is InChI=1S/C19H37NO2/c1-3-4-5-6-7-8-9-10-11-12-13-14-15-16-17-20-18(2)19(21)22/h3-17H2,1-2H3,(H,21,22). The summed E-state index contributed by atoms with van der Waals surface area (Å²) in [5.41, 5.74) is 0.231. The third kappa shape index (κ3) is 15.5. The van der Waals surface area contributed by atoms with Gasteiger partial charge in [-0.2, -0.15) is 0 Å². The zero-order chi connectivity index (χ0) is 16.5. The molecule has 3 heteroatoms. The Kier molecular flexibility index (Phi) is 15.9. The van der Waals surface area contributed by atoms with Crippen LogP contribution < -0.4 is 0 Å². The highest BCUT2D eigenvalue weighted by Gasteiger charge is 1.99. The van der Waals surface area contributed by atoms with Crippen LogP contribution in [0.3, 0.4) is 0 Å². The number of rotatable bonds is 16. The van der Waals surface area contributed by atoms with Crippen LogP contribution in [-0.2, 0) is 4.79 Å². The van der Waals surface area contributed by atoms with Crippen molar-refractivity contribution in [2.24, 2.45) is 4.99 Å². The zero-order valence-electron chi connectivity index (χ0n) is 14.9. The van der Waals surface area contributed by atoms with Gasteiger partial charge in [-0.25, -0.2) is 4.79 Å². The van der Waals surface area contributed by atoms with E-state index >= 15 is 0 Å². The lowest BCUT2D eigenvalue weighted by molar-refractivity contribution is -0.129. The van der Waals surface area contributed by atoms with E-state index in [1.807, 2.05) is 0 Å². The lowest BCUT2D eigenvalue weighted by atomic mass is 10.0. The monoisotopic (exact) mass is 311 g/mol. The normalized spacial score (nSPS) is 11.8. The second kappa shape index (κ2) is 16.5. The molecule has 130 valence electrons. The number of carboxylic acids is 1. The molecule has 22 heavy (non-hydrogen) atoms. The van der Waals surface area contributed by atoms with Crippen molar-refractivity contribution in [1.29, 1.82) is 0 Å². The second-order valence-corrected chi connectivity index (χ2v) is 6.37. The fraction of sp³-hybridized carbons (Fsp3) is 0.895. The zero-order valence-corrected chi connectivity index (χ0v) is 14.9. The van der Waals surface area contributed by atoms with E-state index < -0.39 is 5.97 Å². The van der Waals surface area contributed by atoms with Gasteiger partial charge >= 0.3 is 5.97 Å². The van der Waals surface area contributed by atoms with Crippen molar-refractivity contribution < 1.29 is 9.90 Å². The Labute approximate surface area is 137 Å². The van der Waals surface area contributed by atoms with Crippen LogP contribution in [0.25, 0.3) is 0 Å². The minimum atomic E-state index is -0.898. The highest BCUT2D eigenvalue weighted by molar-refractivity contribution is 6.34. The molecule has 0 rings (SSSR count). The van der Waals surface area contributed by atoms with Gasteiger partial charge < -0.3 is 5.11 Å². The molecule has 0 saturated heterocycles. The van der Waals surface area contributed by atoms with E-state index in [0.717, 1.165) is 6.42 Å². The fourth-order valence-electron chi connectivity index (χ4n) is 2.62. The van der Waals surface area contributed by atoms with Crippen molar-refractivity contribution in [3.63, 3.8) is 0 Å². The molecule has 0 unspecified atom stereocenters. The van der Waals surface area contributed by atoms with E-state index in [4.69, 9.17) is 5.11 Å². The maximum Gasteiger partial charge on any atom is 0.349 e. The Hall–Kier alpha value is -0.860. The van der Waals surface area contributed by atoms with Crippen LogP contribution in [0.1, 0.15) is 104 Å². The number of nitrogens with zero attached hydrogens (tertiary/aromatic N) is 1. The van der Waals surface area contributed by atoms with E-state index in [9.17, 15) is 4.79 Å². The predicted octanol–water partition coefficient (Wildman–Crippen LogP) is 6.01. The number of hydrogen-bond acceptors (Lipinski definition) is 2. The molecule has 0 heterocycles. The van der Waals surface area contributed by atoms with E-state index in [0.29, 0.717) is 6.54 Å². The van der Waals surface area contributed by atoms with Gasteiger partial charge in [-0.15, -0.1) is 0 Å². The molecule has 0 amide bonds. The van der Waals surface area contributed by atoms with Gasteiger partial charge in [-0.05, 0) is 13.3 Å². The SMILES string of the molecule is CCCCCCCCCCCCCCCCN=C(C)C(=O)O. The topological polar surface area (TPSA) is 49.7 Å². The molecule has 3 nitrogen and oxygen atoms in total. The van der Waals surface area contributed by atoms with E-state index in [1.165, 1.54) is 83.5 Å². The summed E-state index contributed by atoms with van der Waals surface area (Å²) in [6, 6.07) is 0. The molecule has 0 atom stereocenters. The van der Waals surface area contributed by atoms with Gasteiger partial charge in [0.1, 0.15) is 5.71 Å². The molecule has 0 aliphatic heterocycles. The fourth-order valence-corrected chi connectivity index (χ4v) is 2.62. The lowest BCUT2D eigenvalue weighted by Crippen LogP contribution is -2.08. The van der Waals surface area contributed by atoms with Gasteiger partial charge in [0.25, 0.3) is 0 Å². The molecule has 0 aromatic heterocycles. The quantitative estimate of drug-likeness (QED) is 0.280. The Morgan fingerprint density at radius 3 is 1.45 bits per heavy atom. The smallest absolute Gasteiger partial charge is 0.349 e. The Morgan fingerprint density at radius 1 is 0.727 bits per heavy atom. The van der Waals surface area contributed by atoms with Gasteiger partial charge in [0.2, 0.25) is 0 Å².